The highest BCUT2D eigenvalue weighted by atomic mass is 16.6. The van der Waals surface area contributed by atoms with Crippen molar-refractivity contribution in [2.24, 2.45) is 0 Å². The maximum atomic E-state index is 10.8. The lowest BCUT2D eigenvalue weighted by atomic mass is 9.71. The lowest BCUT2D eigenvalue weighted by molar-refractivity contribution is -0.284. The van der Waals surface area contributed by atoms with Crippen molar-refractivity contribution in [3.05, 3.63) is 0 Å². The highest BCUT2D eigenvalue weighted by Crippen LogP contribution is 2.47. The van der Waals surface area contributed by atoms with Gasteiger partial charge in [-0.05, 0) is 0 Å². The molecule has 2 aliphatic rings. The first-order valence-corrected chi connectivity index (χ1v) is 4.51. The smallest absolute Gasteiger partial charge is 0.358 e. The Hall–Kier alpha value is -0.940. The number of carbonyl (C=O) groups is 1. The zero-order valence-corrected chi connectivity index (χ0v) is 7.58. The van der Waals surface area contributed by atoms with Crippen LogP contribution in [-0.2, 0) is 24.2 Å². The van der Waals surface area contributed by atoms with Crippen LogP contribution >= 0.6 is 0 Å². The van der Waals surface area contributed by atoms with E-state index >= 15 is 0 Å². The Morgan fingerprint density at radius 1 is 1.29 bits per heavy atom. The molecular weight excluding hydrogens is 188 g/mol. The molecule has 2 fully saturated rings. The van der Waals surface area contributed by atoms with E-state index in [4.69, 9.17) is 9.47 Å². The van der Waals surface area contributed by atoms with Crippen LogP contribution in [0.3, 0.4) is 0 Å². The van der Waals surface area contributed by atoms with Crippen LogP contribution in [0.25, 0.3) is 0 Å². The Kier molecular flexibility index (Phi) is 2.08. The molecule has 0 spiro atoms. The Bertz CT molecular complexity index is 264. The van der Waals surface area contributed by atoms with Gasteiger partial charge in [0.1, 0.15) is 5.60 Å². The van der Waals surface area contributed by atoms with Gasteiger partial charge in [0.05, 0.1) is 19.6 Å². The summed E-state index contributed by atoms with van der Waals surface area (Å²) >= 11 is 0. The van der Waals surface area contributed by atoms with Crippen LogP contribution in [0, 0.1) is 0 Å². The van der Waals surface area contributed by atoms with Crippen LogP contribution < -0.4 is 0 Å². The summed E-state index contributed by atoms with van der Waals surface area (Å²) in [7, 11) is 0. The molecule has 14 heavy (non-hydrogen) atoms. The Labute approximate surface area is 81.0 Å². The van der Waals surface area contributed by atoms with Gasteiger partial charge in [-0.3, -0.25) is 4.79 Å². The number of ether oxygens (including phenoxy) is 2. The maximum Gasteiger partial charge on any atom is 0.358 e. The average Bonchev–Trinajstić information content (AvgIpc) is 1.97. The quantitative estimate of drug-likeness (QED) is 0.625. The molecule has 2 atom stereocenters. The molecule has 5 nitrogen and oxygen atoms in total. The van der Waals surface area contributed by atoms with E-state index in [0.717, 1.165) is 0 Å². The summed E-state index contributed by atoms with van der Waals surface area (Å²) < 4.78 is 10.4. The van der Waals surface area contributed by atoms with Crippen molar-refractivity contribution >= 4 is 12.3 Å². The predicted molar refractivity (Wildman–Crippen MR) is 42.6 cm³/mol. The van der Waals surface area contributed by atoms with E-state index < -0.39 is 17.2 Å². The van der Waals surface area contributed by atoms with E-state index in [1.165, 1.54) is 0 Å². The van der Waals surface area contributed by atoms with Gasteiger partial charge in [0.15, 0.2) is 5.60 Å². The van der Waals surface area contributed by atoms with Crippen LogP contribution in [0.1, 0.15) is 19.3 Å². The van der Waals surface area contributed by atoms with Crippen molar-refractivity contribution < 1.29 is 24.2 Å². The molecule has 2 radical (unpaired) electrons. The van der Waals surface area contributed by atoms with Gasteiger partial charge in [-0.2, -0.15) is 0 Å². The molecular formula is C9H10O5. The molecule has 0 saturated carbocycles. The van der Waals surface area contributed by atoms with Crippen molar-refractivity contribution in [2.45, 2.75) is 30.5 Å². The average molecular weight is 198 g/mol. The first-order chi connectivity index (χ1) is 6.64. The van der Waals surface area contributed by atoms with Gasteiger partial charge in [-0.1, -0.05) is 0 Å². The van der Waals surface area contributed by atoms with E-state index in [1.54, 1.807) is 6.29 Å². The van der Waals surface area contributed by atoms with Crippen molar-refractivity contribution in [3.63, 3.8) is 0 Å². The molecule has 76 valence electrons. The summed E-state index contributed by atoms with van der Waals surface area (Å²) in [4.78, 5) is 21.3. The van der Waals surface area contributed by atoms with E-state index in [0.29, 0.717) is 26.1 Å². The summed E-state index contributed by atoms with van der Waals surface area (Å²) in [5.74, 6) is -1.23. The van der Waals surface area contributed by atoms with Crippen LogP contribution in [0.2, 0.25) is 0 Å². The monoisotopic (exact) mass is 198 g/mol. The topological polar surface area (TPSA) is 72.5 Å². The molecule has 0 aromatic carbocycles. The fraction of sp³-hybridized carbons (Fsp3) is 0.778. The first kappa shape index (κ1) is 9.61. The van der Waals surface area contributed by atoms with E-state index in [-0.39, 0.29) is 6.42 Å². The third kappa shape index (κ3) is 1.09. The fourth-order valence-electron chi connectivity index (χ4n) is 2.02. The fourth-order valence-corrected chi connectivity index (χ4v) is 2.02. The molecule has 0 N–H and O–H groups in total. The zero-order valence-electron chi connectivity index (χ0n) is 7.58. The highest BCUT2D eigenvalue weighted by Gasteiger charge is 2.63. The van der Waals surface area contributed by atoms with Crippen LogP contribution in [0.15, 0.2) is 0 Å². The molecule has 0 aromatic heterocycles. The number of hydrogen-bond donors (Lipinski definition) is 0. The molecule has 2 heterocycles. The van der Waals surface area contributed by atoms with Crippen molar-refractivity contribution in [3.8, 4) is 0 Å². The first-order valence-electron chi connectivity index (χ1n) is 4.51. The summed E-state index contributed by atoms with van der Waals surface area (Å²) in [6, 6.07) is 0. The minimum absolute atomic E-state index is 0.303. The summed E-state index contributed by atoms with van der Waals surface area (Å²) in [5.41, 5.74) is -2.18. The van der Waals surface area contributed by atoms with E-state index in [9.17, 15) is 14.7 Å². The molecule has 0 bridgehead atoms. The molecule has 2 rings (SSSR count). The number of rotatable bonds is 4. The standard InChI is InChI=1S/C9H10O5/c10-6-9(2-4-14-9)8(1-3-13-8)5-7(11)12/h1-5H2. The predicted octanol–water partition coefficient (Wildman–Crippen LogP) is -0.239. The van der Waals surface area contributed by atoms with Crippen LogP contribution in [0.4, 0.5) is 0 Å². The summed E-state index contributed by atoms with van der Waals surface area (Å²) in [6.07, 6.45) is 2.46. The lowest BCUT2D eigenvalue weighted by Crippen LogP contribution is -2.69. The zero-order chi connectivity index (χ0) is 10.2. The molecule has 0 amide bonds. The summed E-state index contributed by atoms with van der Waals surface area (Å²) in [6.45, 7) is 0.910. The largest absolute Gasteiger partial charge is 0.371 e. The maximum absolute atomic E-state index is 10.8. The normalized spacial score (nSPS) is 40.9. The minimum atomic E-state index is -1.23. The van der Waals surface area contributed by atoms with Gasteiger partial charge in [0.25, 0.3) is 0 Å². The van der Waals surface area contributed by atoms with E-state index in [2.05, 4.69) is 0 Å². The Morgan fingerprint density at radius 2 is 1.86 bits per heavy atom. The van der Waals surface area contributed by atoms with Crippen molar-refractivity contribution in [1.82, 2.24) is 0 Å². The van der Waals surface area contributed by atoms with Gasteiger partial charge >= 0.3 is 5.97 Å². The second-order valence-electron chi connectivity index (χ2n) is 3.67. The van der Waals surface area contributed by atoms with Crippen molar-refractivity contribution in [2.75, 3.05) is 13.2 Å². The summed E-state index contributed by atoms with van der Waals surface area (Å²) in [5, 5.41) is 10.5. The molecule has 2 saturated heterocycles. The lowest BCUT2D eigenvalue weighted by Gasteiger charge is -2.55. The Morgan fingerprint density at radius 3 is 2.07 bits per heavy atom. The second kappa shape index (κ2) is 3.03. The van der Waals surface area contributed by atoms with E-state index in [1.807, 2.05) is 0 Å². The third-order valence-electron chi connectivity index (χ3n) is 3.02. The van der Waals surface area contributed by atoms with Crippen LogP contribution in [0.5, 0.6) is 0 Å². The minimum Gasteiger partial charge on any atom is -0.371 e. The second-order valence-corrected chi connectivity index (χ2v) is 3.67. The Balaban J connectivity index is 2.18. The molecule has 0 aliphatic carbocycles. The number of carbonyl (C=O) groups excluding carboxylic acids is 2. The molecule has 2 aliphatic heterocycles. The molecule has 0 aromatic rings. The van der Waals surface area contributed by atoms with Gasteiger partial charge in [-0.15, -0.1) is 0 Å². The number of hydrogen-bond acceptors (Lipinski definition) is 4. The van der Waals surface area contributed by atoms with Gasteiger partial charge in [0.2, 0.25) is 6.29 Å². The molecule has 5 heteroatoms. The van der Waals surface area contributed by atoms with Gasteiger partial charge < -0.3 is 9.47 Å². The van der Waals surface area contributed by atoms with Crippen molar-refractivity contribution in [1.29, 1.82) is 0 Å². The van der Waals surface area contributed by atoms with Crippen LogP contribution in [-0.4, -0.2) is 36.7 Å². The molecule has 2 unspecified atom stereocenters. The SMILES string of the molecule is [O]C(=O)CC1(C2([C]=O)CCO2)CCO1. The third-order valence-corrected chi connectivity index (χ3v) is 3.02. The highest BCUT2D eigenvalue weighted by molar-refractivity contribution is 5.74. The van der Waals surface area contributed by atoms with Gasteiger partial charge in [0, 0.05) is 12.8 Å². The van der Waals surface area contributed by atoms with Gasteiger partial charge in [-0.25, -0.2) is 9.90 Å².